The minimum atomic E-state index is -4.89. The Morgan fingerprint density at radius 3 is 2.43 bits per heavy atom. The van der Waals surface area contributed by atoms with Crippen LogP contribution in [0.25, 0.3) is 0 Å². The van der Waals surface area contributed by atoms with E-state index >= 15 is 0 Å². The van der Waals surface area contributed by atoms with Crippen LogP contribution in [0.4, 0.5) is 38.1 Å². The highest BCUT2D eigenvalue weighted by molar-refractivity contribution is 5.90. The number of nitrogens with two attached hydrogens (primary N) is 1. The molecule has 3 rings (SSSR count). The number of hydrogen-bond acceptors (Lipinski definition) is 5. The molecule has 2 heterocycles. The lowest BCUT2D eigenvalue weighted by molar-refractivity contribution is -0.267. The van der Waals surface area contributed by atoms with Crippen LogP contribution >= 0.6 is 0 Å². The van der Waals surface area contributed by atoms with Crippen LogP contribution in [0.2, 0.25) is 0 Å². The lowest BCUT2D eigenvalue weighted by Gasteiger charge is -2.48. The van der Waals surface area contributed by atoms with Crippen LogP contribution in [-0.4, -0.2) is 54.6 Å². The summed E-state index contributed by atoms with van der Waals surface area (Å²) in [6.07, 6.45) is -6.53. The summed E-state index contributed by atoms with van der Waals surface area (Å²) in [7, 11) is 0. The first-order valence-corrected chi connectivity index (χ1v) is 8.21. The quantitative estimate of drug-likeness (QED) is 0.722. The van der Waals surface area contributed by atoms with Gasteiger partial charge in [-0.2, -0.15) is 13.2 Å². The maximum absolute atomic E-state index is 14.2. The number of β-amino-alcohol motifs (C(OH)–C–C–N with tert-alkyl or cyclic N) is 1. The second-order valence-corrected chi connectivity index (χ2v) is 6.76. The fraction of sp³-hybridized carbons (Fsp3) is 0.500. The average Bonchev–Trinajstić information content (AvgIpc) is 2.90. The van der Waals surface area contributed by atoms with Crippen molar-refractivity contribution in [3.05, 3.63) is 23.8 Å². The molecule has 28 heavy (non-hydrogen) atoms. The number of cyclic esters (lactones) is 1. The fourth-order valence-corrected chi connectivity index (χ4v) is 3.08. The fourth-order valence-electron chi connectivity index (χ4n) is 3.08. The molecule has 3 N–H and O–H groups in total. The number of primary amides is 1. The summed E-state index contributed by atoms with van der Waals surface area (Å²) >= 11 is 0. The Morgan fingerprint density at radius 2 is 1.86 bits per heavy atom. The normalized spacial score (nSPS) is 21.5. The van der Waals surface area contributed by atoms with Gasteiger partial charge in [-0.15, -0.1) is 0 Å². The van der Waals surface area contributed by atoms with Crippen LogP contribution in [0.5, 0.6) is 0 Å². The van der Waals surface area contributed by atoms with E-state index in [0.717, 1.165) is 15.9 Å². The Balaban J connectivity index is 1.79. The van der Waals surface area contributed by atoms with Crippen LogP contribution in [0.15, 0.2) is 12.1 Å². The Kier molecular flexibility index (Phi) is 4.86. The summed E-state index contributed by atoms with van der Waals surface area (Å²) in [6.45, 7) is -1.99. The van der Waals surface area contributed by atoms with Crippen molar-refractivity contribution in [3.8, 4) is 0 Å². The topological polar surface area (TPSA) is 96.1 Å². The van der Waals surface area contributed by atoms with Crippen molar-refractivity contribution in [1.29, 1.82) is 0 Å². The number of aliphatic hydroxyl groups is 1. The number of anilines is 2. The first kappa shape index (κ1) is 20.1. The summed E-state index contributed by atoms with van der Waals surface area (Å²) in [5.41, 5.74) is 1.26. The summed E-state index contributed by atoms with van der Waals surface area (Å²) in [6, 6.07) is 1.33. The largest absolute Gasteiger partial charge is 0.444 e. The van der Waals surface area contributed by atoms with Crippen LogP contribution < -0.4 is 15.5 Å². The van der Waals surface area contributed by atoms with Gasteiger partial charge < -0.3 is 20.5 Å². The minimum Gasteiger partial charge on any atom is -0.444 e. The third-order valence-corrected chi connectivity index (χ3v) is 4.67. The van der Waals surface area contributed by atoms with Crippen molar-refractivity contribution in [3.63, 3.8) is 0 Å². The highest BCUT2D eigenvalue weighted by atomic mass is 19.4. The SMILES string of the molecule is NC(=O)CCC1CN(c2cc(N3CC(O)(C(F)(F)F)C3)c(F)cc2F)C(=O)O1. The number of benzene rings is 1. The second-order valence-electron chi connectivity index (χ2n) is 6.76. The zero-order valence-corrected chi connectivity index (χ0v) is 14.3. The summed E-state index contributed by atoms with van der Waals surface area (Å²) < 4.78 is 71.6. The Bertz CT molecular complexity index is 810. The van der Waals surface area contributed by atoms with Gasteiger partial charge in [0.15, 0.2) is 5.60 Å². The molecular weight excluding hydrogens is 393 g/mol. The van der Waals surface area contributed by atoms with Crippen LogP contribution in [0, 0.1) is 11.6 Å². The monoisotopic (exact) mass is 409 g/mol. The van der Waals surface area contributed by atoms with E-state index in [1.807, 2.05) is 0 Å². The third kappa shape index (κ3) is 3.55. The molecule has 0 saturated carbocycles. The molecule has 2 amide bonds. The number of alkyl halides is 3. The molecule has 2 aliphatic rings. The molecule has 0 aromatic heterocycles. The van der Waals surface area contributed by atoms with Crippen LogP contribution in [-0.2, 0) is 9.53 Å². The zero-order chi connectivity index (χ0) is 20.9. The molecule has 1 unspecified atom stereocenters. The number of carbonyl (C=O) groups excluding carboxylic acids is 2. The van der Waals surface area contributed by atoms with Crippen molar-refractivity contribution in [2.45, 2.75) is 30.7 Å². The third-order valence-electron chi connectivity index (χ3n) is 4.67. The lowest BCUT2D eigenvalue weighted by Crippen LogP contribution is -2.69. The Hall–Kier alpha value is -2.63. The van der Waals surface area contributed by atoms with Gasteiger partial charge >= 0.3 is 12.3 Å². The van der Waals surface area contributed by atoms with Gasteiger partial charge in [0.2, 0.25) is 5.91 Å². The zero-order valence-electron chi connectivity index (χ0n) is 14.3. The molecule has 154 valence electrons. The number of halogens is 5. The first-order valence-electron chi connectivity index (χ1n) is 8.21. The number of carbonyl (C=O) groups is 2. The van der Waals surface area contributed by atoms with Crippen LogP contribution in [0.1, 0.15) is 12.8 Å². The molecule has 2 fully saturated rings. The molecular formula is C16H16F5N3O4. The maximum Gasteiger partial charge on any atom is 0.420 e. The van der Waals surface area contributed by atoms with Crippen molar-refractivity contribution in [2.75, 3.05) is 29.4 Å². The van der Waals surface area contributed by atoms with Crippen LogP contribution in [0.3, 0.4) is 0 Å². The number of nitrogens with zero attached hydrogens (tertiary/aromatic N) is 2. The predicted octanol–water partition coefficient (Wildman–Crippen LogP) is 1.67. The van der Waals surface area contributed by atoms with Crippen molar-refractivity contribution < 1.29 is 41.4 Å². The van der Waals surface area contributed by atoms with E-state index in [9.17, 15) is 36.6 Å². The minimum absolute atomic E-state index is 0.0628. The highest BCUT2D eigenvalue weighted by Gasteiger charge is 2.61. The van der Waals surface area contributed by atoms with E-state index in [0.29, 0.717) is 6.07 Å². The molecule has 2 saturated heterocycles. The Labute approximate surface area is 155 Å². The van der Waals surface area contributed by atoms with E-state index in [2.05, 4.69) is 0 Å². The van der Waals surface area contributed by atoms with Crippen molar-refractivity contribution >= 4 is 23.4 Å². The van der Waals surface area contributed by atoms with Crippen molar-refractivity contribution in [2.24, 2.45) is 5.73 Å². The Morgan fingerprint density at radius 1 is 1.25 bits per heavy atom. The van der Waals surface area contributed by atoms with Gasteiger partial charge in [0.25, 0.3) is 0 Å². The predicted molar refractivity (Wildman–Crippen MR) is 85.6 cm³/mol. The van der Waals surface area contributed by atoms with Gasteiger partial charge in [0.1, 0.15) is 17.7 Å². The molecule has 0 aliphatic carbocycles. The number of ether oxygens (including phenoxy) is 1. The summed E-state index contributed by atoms with van der Waals surface area (Å²) in [5.74, 6) is -2.86. The van der Waals surface area contributed by atoms with E-state index < -0.39 is 60.3 Å². The van der Waals surface area contributed by atoms with E-state index in [4.69, 9.17) is 10.5 Å². The number of hydrogen-bond donors (Lipinski definition) is 2. The molecule has 7 nitrogen and oxygen atoms in total. The van der Waals surface area contributed by atoms with Gasteiger partial charge in [-0.1, -0.05) is 0 Å². The van der Waals surface area contributed by atoms with E-state index in [1.165, 1.54) is 0 Å². The van der Waals surface area contributed by atoms with Gasteiger partial charge in [-0.05, 0) is 12.5 Å². The lowest BCUT2D eigenvalue weighted by atomic mass is 9.92. The summed E-state index contributed by atoms with van der Waals surface area (Å²) in [5, 5.41) is 9.50. The smallest absolute Gasteiger partial charge is 0.420 e. The van der Waals surface area contributed by atoms with Gasteiger partial charge in [0.05, 0.1) is 31.0 Å². The molecule has 0 radical (unpaired) electrons. The van der Waals surface area contributed by atoms with Gasteiger partial charge in [0, 0.05) is 12.5 Å². The highest BCUT2D eigenvalue weighted by Crippen LogP contribution is 2.42. The number of amides is 2. The molecule has 0 bridgehead atoms. The first-order chi connectivity index (χ1) is 12.9. The molecule has 1 atom stereocenters. The van der Waals surface area contributed by atoms with Gasteiger partial charge in [-0.3, -0.25) is 9.69 Å². The molecule has 2 aliphatic heterocycles. The number of rotatable bonds is 5. The average molecular weight is 409 g/mol. The molecule has 0 spiro atoms. The summed E-state index contributed by atoms with van der Waals surface area (Å²) in [4.78, 5) is 24.6. The molecule has 12 heteroatoms. The van der Waals surface area contributed by atoms with Gasteiger partial charge in [-0.25, -0.2) is 13.6 Å². The molecule has 1 aromatic rings. The maximum atomic E-state index is 14.2. The van der Waals surface area contributed by atoms with Crippen molar-refractivity contribution in [1.82, 2.24) is 0 Å². The standard InChI is InChI=1S/C16H16F5N3O4/c17-9-3-10(18)12(24-5-8(28-14(24)26)1-2-13(22)25)4-11(9)23-6-15(27,7-23)16(19,20)21/h3-4,8,27H,1-2,5-7H2,(H2,22,25). The van der Waals surface area contributed by atoms with E-state index in [-0.39, 0.29) is 25.1 Å². The molecule has 1 aromatic carbocycles. The van der Waals surface area contributed by atoms with E-state index in [1.54, 1.807) is 0 Å². The second kappa shape index (κ2) is 6.76.